The van der Waals surface area contributed by atoms with E-state index in [2.05, 4.69) is 5.32 Å². The van der Waals surface area contributed by atoms with Crippen molar-refractivity contribution in [3.05, 3.63) is 94.0 Å². The van der Waals surface area contributed by atoms with Gasteiger partial charge in [-0.3, -0.25) is 9.36 Å². The van der Waals surface area contributed by atoms with Crippen LogP contribution >= 0.6 is 11.6 Å². The first-order valence-electron chi connectivity index (χ1n) is 11.4. The molecule has 0 radical (unpaired) electrons. The number of amides is 2. The maximum Gasteiger partial charge on any atom is 0.322 e. The molecule has 180 valence electrons. The molecule has 1 heterocycles. The van der Waals surface area contributed by atoms with Crippen molar-refractivity contribution in [2.24, 2.45) is 0 Å². The first-order chi connectivity index (χ1) is 16.9. The van der Waals surface area contributed by atoms with Gasteiger partial charge in [-0.15, -0.1) is 0 Å². The summed E-state index contributed by atoms with van der Waals surface area (Å²) in [5.74, 6) is 1.11. The summed E-state index contributed by atoms with van der Waals surface area (Å²) in [5, 5.41) is 4.01. The monoisotopic (exact) mass is 490 g/mol. The minimum atomic E-state index is -0.506. The van der Waals surface area contributed by atoms with Crippen molar-refractivity contribution in [2.75, 3.05) is 19.0 Å². The number of urea groups is 1. The molecule has 2 amide bonds. The molecule has 1 N–H and O–H groups in total. The average molecular weight is 491 g/mol. The van der Waals surface area contributed by atoms with E-state index in [1.54, 1.807) is 65.1 Å². The average Bonchev–Trinajstić information content (AvgIpc) is 2.87. The number of rotatable bonds is 7. The van der Waals surface area contributed by atoms with Crippen LogP contribution in [-0.4, -0.2) is 34.1 Å². The van der Waals surface area contributed by atoms with Crippen molar-refractivity contribution >= 4 is 34.2 Å². The van der Waals surface area contributed by atoms with E-state index in [9.17, 15) is 9.59 Å². The summed E-state index contributed by atoms with van der Waals surface area (Å²) in [5.41, 5.74) is 1.62. The third-order valence-corrected chi connectivity index (χ3v) is 6.03. The van der Waals surface area contributed by atoms with Crippen LogP contribution in [0.1, 0.15) is 32.1 Å². The first kappa shape index (κ1) is 24.3. The van der Waals surface area contributed by atoms with Crippen LogP contribution in [0.3, 0.4) is 0 Å². The lowest BCUT2D eigenvalue weighted by Crippen LogP contribution is -2.40. The van der Waals surface area contributed by atoms with E-state index in [0.717, 1.165) is 6.42 Å². The molecular weight excluding hydrogens is 464 g/mol. The first-order valence-corrected chi connectivity index (χ1v) is 11.8. The van der Waals surface area contributed by atoms with Crippen LogP contribution in [0.25, 0.3) is 16.6 Å². The van der Waals surface area contributed by atoms with E-state index in [-0.39, 0.29) is 11.6 Å². The molecule has 7 nitrogen and oxygen atoms in total. The molecule has 0 aliphatic heterocycles. The third-order valence-electron chi connectivity index (χ3n) is 5.77. The smallest absolute Gasteiger partial charge is 0.322 e. The number of carbonyl (C=O) groups is 1. The minimum Gasteiger partial charge on any atom is -0.497 e. The molecule has 4 rings (SSSR count). The molecular formula is C27H27ClN4O3. The number of nitrogens with one attached hydrogen (secondary N) is 1. The summed E-state index contributed by atoms with van der Waals surface area (Å²) < 4.78 is 6.83. The van der Waals surface area contributed by atoms with Crippen LogP contribution in [0.5, 0.6) is 5.75 Å². The number of hydrogen-bond acceptors (Lipinski definition) is 4. The highest BCUT2D eigenvalue weighted by molar-refractivity contribution is 6.30. The summed E-state index contributed by atoms with van der Waals surface area (Å²) in [6, 6.07) is 20.6. The number of carbonyl (C=O) groups excluding carboxylic acids is 1. The summed E-state index contributed by atoms with van der Waals surface area (Å²) in [6.07, 6.45) is 0.731. The zero-order valence-corrected chi connectivity index (χ0v) is 20.6. The van der Waals surface area contributed by atoms with E-state index >= 15 is 0 Å². The predicted octanol–water partition coefficient (Wildman–Crippen LogP) is 6.05. The summed E-state index contributed by atoms with van der Waals surface area (Å²) in [4.78, 5) is 33.5. The fourth-order valence-corrected chi connectivity index (χ4v) is 4.14. The van der Waals surface area contributed by atoms with Gasteiger partial charge in [0.05, 0.1) is 29.7 Å². The van der Waals surface area contributed by atoms with Gasteiger partial charge in [0, 0.05) is 23.3 Å². The second-order valence-corrected chi connectivity index (χ2v) is 8.57. The Labute approximate surface area is 208 Å². The van der Waals surface area contributed by atoms with Gasteiger partial charge < -0.3 is 15.0 Å². The number of aromatic nitrogens is 2. The molecule has 0 aliphatic carbocycles. The topological polar surface area (TPSA) is 76.5 Å². The number of hydrogen-bond donors (Lipinski definition) is 1. The van der Waals surface area contributed by atoms with E-state index in [1.165, 1.54) is 0 Å². The van der Waals surface area contributed by atoms with Gasteiger partial charge in [-0.1, -0.05) is 36.7 Å². The van der Waals surface area contributed by atoms with E-state index in [1.807, 2.05) is 38.1 Å². The van der Waals surface area contributed by atoms with Crippen molar-refractivity contribution in [3.8, 4) is 11.4 Å². The number of halogens is 1. The number of ether oxygens (including phenoxy) is 1. The summed E-state index contributed by atoms with van der Waals surface area (Å²) >= 11 is 6.10. The lowest BCUT2D eigenvalue weighted by atomic mass is 10.2. The fraction of sp³-hybridized carbons (Fsp3) is 0.222. The van der Waals surface area contributed by atoms with Crippen LogP contribution in [0.2, 0.25) is 5.02 Å². The number of para-hydroxylation sites is 1. The van der Waals surface area contributed by atoms with Gasteiger partial charge in [0.1, 0.15) is 11.6 Å². The SMILES string of the molecule is CCCN(C(=O)Nc1cccc(OC)c1)C(C)c1nc2ccccc2c(=O)n1-c1ccc(Cl)cc1. The lowest BCUT2D eigenvalue weighted by molar-refractivity contribution is 0.189. The van der Waals surface area contributed by atoms with E-state index in [4.69, 9.17) is 21.3 Å². The van der Waals surface area contributed by atoms with Gasteiger partial charge in [0.2, 0.25) is 0 Å². The van der Waals surface area contributed by atoms with Crippen molar-refractivity contribution in [3.63, 3.8) is 0 Å². The van der Waals surface area contributed by atoms with Gasteiger partial charge >= 0.3 is 6.03 Å². The zero-order valence-electron chi connectivity index (χ0n) is 19.9. The van der Waals surface area contributed by atoms with Gasteiger partial charge in [-0.25, -0.2) is 9.78 Å². The molecule has 0 bridgehead atoms. The van der Waals surface area contributed by atoms with Crippen LogP contribution in [-0.2, 0) is 0 Å². The van der Waals surface area contributed by atoms with Crippen LogP contribution in [0.15, 0.2) is 77.6 Å². The third kappa shape index (κ3) is 5.15. The molecule has 8 heteroatoms. The number of anilines is 1. The molecule has 0 saturated heterocycles. The summed E-state index contributed by atoms with van der Waals surface area (Å²) in [7, 11) is 1.58. The maximum atomic E-state index is 13.6. The Balaban J connectivity index is 1.80. The Kier molecular flexibility index (Phi) is 7.36. The Morgan fingerprint density at radius 2 is 1.86 bits per heavy atom. The molecule has 0 saturated carbocycles. The number of nitrogens with zero attached hydrogens (tertiary/aromatic N) is 3. The Hall–Kier alpha value is -3.84. The zero-order chi connectivity index (χ0) is 24.9. The number of benzene rings is 3. The number of fused-ring (bicyclic) bond motifs is 1. The highest BCUT2D eigenvalue weighted by Gasteiger charge is 2.26. The van der Waals surface area contributed by atoms with Crippen molar-refractivity contribution < 1.29 is 9.53 Å². The second-order valence-electron chi connectivity index (χ2n) is 8.14. The maximum absolute atomic E-state index is 13.6. The molecule has 0 spiro atoms. The van der Waals surface area contributed by atoms with Crippen molar-refractivity contribution in [1.82, 2.24) is 14.5 Å². The predicted molar refractivity (Wildman–Crippen MR) is 140 cm³/mol. The van der Waals surface area contributed by atoms with Gasteiger partial charge in [-0.2, -0.15) is 0 Å². The number of methoxy groups -OCH3 is 1. The molecule has 3 aromatic carbocycles. The van der Waals surface area contributed by atoms with Gasteiger partial charge in [0.25, 0.3) is 5.56 Å². The molecule has 4 aromatic rings. The van der Waals surface area contributed by atoms with Crippen LogP contribution in [0.4, 0.5) is 10.5 Å². The minimum absolute atomic E-state index is 0.204. The van der Waals surface area contributed by atoms with E-state index in [0.29, 0.717) is 45.4 Å². The molecule has 0 fully saturated rings. The highest BCUT2D eigenvalue weighted by Crippen LogP contribution is 2.25. The molecule has 1 atom stereocenters. The van der Waals surface area contributed by atoms with Crippen molar-refractivity contribution in [1.29, 1.82) is 0 Å². The molecule has 35 heavy (non-hydrogen) atoms. The molecule has 0 aliphatic rings. The quantitative estimate of drug-likeness (QED) is 0.342. The Morgan fingerprint density at radius 3 is 2.57 bits per heavy atom. The summed E-state index contributed by atoms with van der Waals surface area (Å²) in [6.45, 7) is 4.35. The largest absolute Gasteiger partial charge is 0.497 e. The standard InChI is InChI=1S/C27H27ClN4O3/c1-4-16-31(27(34)29-20-8-7-9-22(17-20)35-3)18(2)25-30-24-11-6-5-10-23(24)26(33)32(25)21-14-12-19(28)13-15-21/h5-15,17-18H,4,16H2,1-3H3,(H,29,34). The highest BCUT2D eigenvalue weighted by atomic mass is 35.5. The normalized spacial score (nSPS) is 11.8. The molecule has 1 unspecified atom stereocenters. The van der Waals surface area contributed by atoms with Gasteiger partial charge in [0.15, 0.2) is 0 Å². The van der Waals surface area contributed by atoms with Gasteiger partial charge in [-0.05, 0) is 61.9 Å². The van der Waals surface area contributed by atoms with Crippen LogP contribution < -0.4 is 15.6 Å². The second kappa shape index (κ2) is 10.6. The Morgan fingerprint density at radius 1 is 1.11 bits per heavy atom. The van der Waals surface area contributed by atoms with Crippen molar-refractivity contribution in [2.45, 2.75) is 26.3 Å². The lowest BCUT2D eigenvalue weighted by Gasteiger charge is -2.30. The Bertz CT molecular complexity index is 1400. The van der Waals surface area contributed by atoms with Crippen LogP contribution in [0, 0.1) is 0 Å². The molecule has 1 aromatic heterocycles. The van der Waals surface area contributed by atoms with E-state index < -0.39 is 6.04 Å². The fourth-order valence-electron chi connectivity index (χ4n) is 4.02.